The lowest BCUT2D eigenvalue weighted by molar-refractivity contribution is -0.116. The van der Waals surface area contributed by atoms with Crippen molar-refractivity contribution in [2.24, 2.45) is 0 Å². The zero-order valence-corrected chi connectivity index (χ0v) is 18.6. The Bertz CT molecular complexity index is 1320. The Kier molecular flexibility index (Phi) is 5.82. The maximum Gasteiger partial charge on any atom is 0.323 e. The molecule has 0 saturated carbocycles. The van der Waals surface area contributed by atoms with Crippen LogP contribution in [0, 0.1) is 11.6 Å². The number of hydrogen-bond donors (Lipinski definition) is 3. The molecule has 3 aromatic rings. The minimum absolute atomic E-state index is 0.00981. The number of allylic oxidation sites excluding steroid dienone is 1. The molecule has 34 heavy (non-hydrogen) atoms. The fourth-order valence-electron chi connectivity index (χ4n) is 4.05. The van der Waals surface area contributed by atoms with Crippen molar-refractivity contribution in [3.8, 4) is 0 Å². The number of aromatic amines is 1. The molecule has 1 aromatic heterocycles. The Balaban J connectivity index is 1.35. The molecule has 0 fully saturated rings. The van der Waals surface area contributed by atoms with Gasteiger partial charge in [0.25, 0.3) is 0 Å². The van der Waals surface area contributed by atoms with Crippen LogP contribution in [0.1, 0.15) is 23.2 Å². The second kappa shape index (κ2) is 8.94. The van der Waals surface area contributed by atoms with E-state index >= 15 is 0 Å². The molecular weight excluding hydrogens is 465 g/mol. The summed E-state index contributed by atoms with van der Waals surface area (Å²) in [4.78, 5) is 30.5. The number of nitrogens with zero attached hydrogens (tertiary/aromatic N) is 1. The summed E-state index contributed by atoms with van der Waals surface area (Å²) in [7, 11) is 0. The van der Waals surface area contributed by atoms with Crippen molar-refractivity contribution < 1.29 is 22.8 Å². The number of benzene rings is 2. The maximum atomic E-state index is 13.7. The minimum Gasteiger partial charge on any atom is -0.363 e. The summed E-state index contributed by atoms with van der Waals surface area (Å²) in [5.41, 5.74) is 3.20. The highest BCUT2D eigenvalue weighted by atomic mass is 32.2. The molecule has 3 amide bonds. The van der Waals surface area contributed by atoms with Gasteiger partial charge in [-0.15, -0.1) is 11.8 Å². The van der Waals surface area contributed by atoms with Gasteiger partial charge in [0.2, 0.25) is 5.91 Å². The van der Waals surface area contributed by atoms with Crippen LogP contribution in [0.5, 0.6) is 0 Å². The van der Waals surface area contributed by atoms with Crippen LogP contribution in [0.25, 0.3) is 6.08 Å². The first-order valence-electron chi connectivity index (χ1n) is 10.5. The van der Waals surface area contributed by atoms with Crippen molar-refractivity contribution in [1.29, 1.82) is 0 Å². The molecule has 6 nitrogen and oxygen atoms in total. The zero-order chi connectivity index (χ0) is 23.8. The van der Waals surface area contributed by atoms with Crippen LogP contribution in [-0.2, 0) is 17.8 Å². The molecule has 1 aliphatic heterocycles. The number of halogens is 3. The van der Waals surface area contributed by atoms with Gasteiger partial charge in [-0.2, -0.15) is 0 Å². The number of anilines is 3. The van der Waals surface area contributed by atoms with Gasteiger partial charge in [-0.1, -0.05) is 0 Å². The molecule has 10 heteroatoms. The number of hydrogen-bond acceptors (Lipinski definition) is 3. The highest BCUT2D eigenvalue weighted by Crippen LogP contribution is 2.38. The SMILES string of the molecule is O=C(Nc1ccc2c(c1)N(Cc1cc(F)cc(F)c1)C(=O)CS2)Nc1c[nH]c2c1C=C(F)CC2. The molecule has 0 spiro atoms. The van der Waals surface area contributed by atoms with Gasteiger partial charge in [-0.05, 0) is 48.4 Å². The van der Waals surface area contributed by atoms with E-state index in [0.717, 1.165) is 16.7 Å². The molecule has 0 saturated heterocycles. The number of nitrogens with one attached hydrogen (secondary N) is 3. The molecule has 1 aliphatic carbocycles. The average molecular weight is 485 g/mol. The highest BCUT2D eigenvalue weighted by molar-refractivity contribution is 8.00. The van der Waals surface area contributed by atoms with E-state index in [2.05, 4.69) is 15.6 Å². The Morgan fingerprint density at radius 1 is 1.06 bits per heavy atom. The molecule has 0 bridgehead atoms. The second-order valence-corrected chi connectivity index (χ2v) is 9.01. The first kappa shape index (κ1) is 22.1. The quantitative estimate of drug-likeness (QED) is 0.436. The van der Waals surface area contributed by atoms with Gasteiger partial charge >= 0.3 is 6.03 Å². The summed E-state index contributed by atoms with van der Waals surface area (Å²) in [6.07, 6.45) is 3.87. The number of H-pyrrole nitrogens is 1. The summed E-state index contributed by atoms with van der Waals surface area (Å²) < 4.78 is 40.9. The molecule has 0 atom stereocenters. The maximum absolute atomic E-state index is 13.7. The first-order valence-corrected chi connectivity index (χ1v) is 11.5. The molecule has 0 radical (unpaired) electrons. The third-order valence-electron chi connectivity index (χ3n) is 5.59. The number of rotatable bonds is 4. The van der Waals surface area contributed by atoms with Gasteiger partial charge < -0.3 is 20.5 Å². The number of carbonyl (C=O) groups is 2. The van der Waals surface area contributed by atoms with Crippen LogP contribution in [0.3, 0.4) is 0 Å². The lowest BCUT2D eigenvalue weighted by atomic mass is 10.0. The number of aromatic nitrogens is 1. The molecule has 2 heterocycles. The molecule has 2 aromatic carbocycles. The third-order valence-corrected chi connectivity index (χ3v) is 6.64. The number of aryl methyl sites for hydroxylation is 1. The fraction of sp³-hybridized carbons (Fsp3) is 0.167. The number of urea groups is 1. The standard InChI is InChI=1S/C24H19F3N4O2S/c25-14-1-3-19-18(8-14)20(10-28-19)30-24(33)29-17-2-4-22-21(9-17)31(23(32)12-34-22)11-13-5-15(26)7-16(27)6-13/h2,4-10,28H,1,3,11-12H2,(H2,29,30,33). The average Bonchev–Trinajstić information content (AvgIpc) is 3.17. The minimum atomic E-state index is -0.720. The van der Waals surface area contributed by atoms with Crippen molar-refractivity contribution in [3.05, 3.63) is 76.9 Å². The third kappa shape index (κ3) is 4.54. The van der Waals surface area contributed by atoms with Crippen molar-refractivity contribution in [3.63, 3.8) is 0 Å². The van der Waals surface area contributed by atoms with Crippen molar-refractivity contribution in [1.82, 2.24) is 4.98 Å². The van der Waals surface area contributed by atoms with Crippen LogP contribution in [-0.4, -0.2) is 22.7 Å². The van der Waals surface area contributed by atoms with E-state index in [0.29, 0.717) is 41.0 Å². The Morgan fingerprint density at radius 2 is 1.85 bits per heavy atom. The number of amides is 3. The molecule has 0 unspecified atom stereocenters. The topological polar surface area (TPSA) is 77.2 Å². The van der Waals surface area contributed by atoms with Crippen LogP contribution in [0.15, 0.2) is 53.3 Å². The normalized spacial score (nSPS) is 14.9. The largest absolute Gasteiger partial charge is 0.363 e. The van der Waals surface area contributed by atoms with Crippen LogP contribution < -0.4 is 15.5 Å². The van der Waals surface area contributed by atoms with E-state index in [1.807, 2.05) is 0 Å². The van der Waals surface area contributed by atoms with Gasteiger partial charge in [0.15, 0.2) is 0 Å². The monoisotopic (exact) mass is 484 g/mol. The molecular formula is C24H19F3N4O2S. The van der Waals surface area contributed by atoms with E-state index in [-0.39, 0.29) is 24.0 Å². The van der Waals surface area contributed by atoms with Crippen molar-refractivity contribution in [2.45, 2.75) is 24.3 Å². The van der Waals surface area contributed by atoms with Crippen LogP contribution in [0.2, 0.25) is 0 Å². The summed E-state index contributed by atoms with van der Waals surface area (Å²) in [5, 5.41) is 5.43. The van der Waals surface area contributed by atoms with E-state index in [4.69, 9.17) is 0 Å². The highest BCUT2D eigenvalue weighted by Gasteiger charge is 2.26. The molecule has 5 rings (SSSR count). The fourth-order valence-corrected chi connectivity index (χ4v) is 4.96. The van der Waals surface area contributed by atoms with Gasteiger partial charge in [-0.3, -0.25) is 4.79 Å². The Morgan fingerprint density at radius 3 is 2.65 bits per heavy atom. The van der Waals surface area contributed by atoms with Gasteiger partial charge in [-0.25, -0.2) is 18.0 Å². The first-order chi connectivity index (χ1) is 16.4. The van der Waals surface area contributed by atoms with E-state index < -0.39 is 17.7 Å². The summed E-state index contributed by atoms with van der Waals surface area (Å²) in [6.45, 7) is -0.00981. The van der Waals surface area contributed by atoms with E-state index in [1.165, 1.54) is 34.9 Å². The zero-order valence-electron chi connectivity index (χ0n) is 17.8. The summed E-state index contributed by atoms with van der Waals surface area (Å²) in [6, 6.07) is 7.73. The molecule has 3 N–H and O–H groups in total. The van der Waals surface area contributed by atoms with Crippen LogP contribution in [0.4, 0.5) is 35.0 Å². The van der Waals surface area contributed by atoms with Crippen molar-refractivity contribution >= 4 is 46.8 Å². The van der Waals surface area contributed by atoms with Gasteiger partial charge in [0, 0.05) is 40.5 Å². The number of carbonyl (C=O) groups excluding carboxylic acids is 2. The lowest BCUT2D eigenvalue weighted by Crippen LogP contribution is -2.35. The van der Waals surface area contributed by atoms with E-state index in [9.17, 15) is 22.8 Å². The predicted molar refractivity (Wildman–Crippen MR) is 126 cm³/mol. The van der Waals surface area contributed by atoms with Crippen molar-refractivity contribution in [2.75, 3.05) is 21.3 Å². The summed E-state index contributed by atoms with van der Waals surface area (Å²) >= 11 is 1.35. The lowest BCUT2D eigenvalue weighted by Gasteiger charge is -2.29. The molecule has 174 valence electrons. The Labute approximate surface area is 197 Å². The second-order valence-electron chi connectivity index (χ2n) is 7.99. The van der Waals surface area contributed by atoms with E-state index in [1.54, 1.807) is 24.4 Å². The Hall–Kier alpha value is -3.66. The van der Waals surface area contributed by atoms with Gasteiger partial charge in [0.1, 0.15) is 17.5 Å². The van der Waals surface area contributed by atoms with Crippen LogP contribution >= 0.6 is 11.8 Å². The predicted octanol–water partition coefficient (Wildman–Crippen LogP) is 5.83. The number of fused-ring (bicyclic) bond motifs is 2. The summed E-state index contributed by atoms with van der Waals surface area (Å²) in [5.74, 6) is -1.70. The smallest absolute Gasteiger partial charge is 0.323 e. The van der Waals surface area contributed by atoms with Gasteiger partial charge in [0.05, 0.1) is 23.7 Å². The molecule has 2 aliphatic rings. The number of thioether (sulfide) groups is 1.